The molecule has 0 aliphatic rings. The van der Waals surface area contributed by atoms with Gasteiger partial charge < -0.3 is 0 Å². The molecule has 2 aromatic heterocycles. The number of pyridine rings is 1. The minimum atomic E-state index is -0.296. The molecule has 0 aliphatic heterocycles. The van der Waals surface area contributed by atoms with Gasteiger partial charge in [-0.15, -0.1) is 0 Å². The van der Waals surface area contributed by atoms with Crippen LogP contribution in [0.5, 0.6) is 0 Å². The topological polar surface area (TPSA) is 58.6 Å². The van der Waals surface area contributed by atoms with Crippen LogP contribution in [-0.4, -0.2) is 15.0 Å². The van der Waals surface area contributed by atoms with Crippen LogP contribution >= 0.6 is 0 Å². The quantitative estimate of drug-likeness (QED) is 0.400. The molecule has 0 saturated heterocycles. The van der Waals surface area contributed by atoms with E-state index in [4.69, 9.17) is 0 Å². The van der Waals surface area contributed by atoms with Crippen molar-refractivity contribution in [2.45, 2.75) is 11.4 Å². The van der Waals surface area contributed by atoms with E-state index in [1.807, 2.05) is 13.1 Å². The molecule has 0 aliphatic carbocycles. The molecular formula is C11H11IN3O-. The van der Waals surface area contributed by atoms with Crippen molar-refractivity contribution in [1.29, 1.82) is 0 Å². The van der Waals surface area contributed by atoms with Crippen molar-refractivity contribution in [2.75, 3.05) is 0 Å². The maximum absolute atomic E-state index is 10.8. The summed E-state index contributed by atoms with van der Waals surface area (Å²) in [5.74, 6) is 0. The average Bonchev–Trinajstić information content (AvgIpc) is 2.30. The standard InChI is InChI=1S/C11H11IN3O/c1-8-2-3-10(13-5-8)12-4-9-6-14-11(16)15-7-9/h2-3,5-7H,4H2,1H3,(H,14,15,16)/q-1. The maximum atomic E-state index is 10.8. The number of nitrogens with zero attached hydrogens (tertiary/aromatic N) is 2. The molecule has 5 heteroatoms. The molecule has 0 atom stereocenters. The van der Waals surface area contributed by atoms with Gasteiger partial charge in [0.1, 0.15) is 0 Å². The zero-order valence-corrected chi connectivity index (χ0v) is 10.9. The summed E-state index contributed by atoms with van der Waals surface area (Å²) >= 11 is -0.148. The van der Waals surface area contributed by atoms with Crippen LogP contribution in [0.1, 0.15) is 11.1 Å². The number of aryl methyl sites for hydroxylation is 1. The molecule has 0 fully saturated rings. The van der Waals surface area contributed by atoms with Crippen LogP contribution in [0.25, 0.3) is 0 Å². The van der Waals surface area contributed by atoms with Gasteiger partial charge in [0.25, 0.3) is 0 Å². The Balaban J connectivity index is 1.99. The Hall–Kier alpha value is -1.24. The number of hydrogen-bond donors (Lipinski definition) is 1. The van der Waals surface area contributed by atoms with Crippen molar-refractivity contribution in [3.63, 3.8) is 0 Å². The fourth-order valence-electron chi connectivity index (χ4n) is 1.12. The summed E-state index contributed by atoms with van der Waals surface area (Å²) in [7, 11) is 0. The molecule has 0 aromatic carbocycles. The predicted molar refractivity (Wildman–Crippen MR) is 56.2 cm³/mol. The van der Waals surface area contributed by atoms with Crippen molar-refractivity contribution in [3.05, 3.63) is 56.0 Å². The molecule has 2 rings (SSSR count). The fourth-order valence-corrected chi connectivity index (χ4v) is 3.14. The van der Waals surface area contributed by atoms with Crippen molar-refractivity contribution in [1.82, 2.24) is 15.0 Å². The Bertz CT molecular complexity index is 501. The average molecular weight is 328 g/mol. The summed E-state index contributed by atoms with van der Waals surface area (Å²) in [6.07, 6.45) is 5.25. The molecule has 0 amide bonds. The molecule has 1 N–H and O–H groups in total. The molecular weight excluding hydrogens is 317 g/mol. The van der Waals surface area contributed by atoms with Gasteiger partial charge in [0.2, 0.25) is 0 Å². The van der Waals surface area contributed by atoms with E-state index >= 15 is 0 Å². The number of hydrogen-bond acceptors (Lipinski definition) is 3. The van der Waals surface area contributed by atoms with Crippen molar-refractivity contribution in [3.8, 4) is 0 Å². The van der Waals surface area contributed by atoms with E-state index in [9.17, 15) is 4.79 Å². The normalized spacial score (nSPS) is 10.6. The zero-order valence-electron chi connectivity index (χ0n) is 8.77. The van der Waals surface area contributed by atoms with E-state index in [0.717, 1.165) is 13.7 Å². The second kappa shape index (κ2) is 5.20. The number of H-pyrrole nitrogens is 1. The third-order valence-corrected chi connectivity index (χ3v) is 4.64. The molecule has 0 radical (unpaired) electrons. The summed E-state index contributed by atoms with van der Waals surface area (Å²) in [5, 5.41) is 0. The molecule has 16 heavy (non-hydrogen) atoms. The molecule has 84 valence electrons. The van der Waals surface area contributed by atoms with Crippen LogP contribution in [-0.2, 0) is 4.43 Å². The van der Waals surface area contributed by atoms with Gasteiger partial charge in [-0.25, -0.2) is 0 Å². The molecule has 2 aromatic rings. The number of aromatic nitrogens is 3. The molecule has 0 spiro atoms. The van der Waals surface area contributed by atoms with Gasteiger partial charge in [-0.3, -0.25) is 0 Å². The summed E-state index contributed by atoms with van der Waals surface area (Å²) in [5.41, 5.74) is 1.95. The Morgan fingerprint density at radius 1 is 1.31 bits per heavy atom. The Morgan fingerprint density at radius 2 is 2.19 bits per heavy atom. The first-order chi connectivity index (χ1) is 7.74. The number of aromatic amines is 1. The van der Waals surface area contributed by atoms with E-state index in [1.165, 1.54) is 5.56 Å². The van der Waals surface area contributed by atoms with Crippen molar-refractivity contribution >= 4 is 0 Å². The first kappa shape index (κ1) is 11.3. The second-order valence-electron chi connectivity index (χ2n) is 3.35. The van der Waals surface area contributed by atoms with Crippen LogP contribution in [0, 0.1) is 10.6 Å². The first-order valence-corrected chi connectivity index (χ1v) is 7.40. The van der Waals surface area contributed by atoms with Gasteiger partial charge in [0.05, 0.1) is 0 Å². The van der Waals surface area contributed by atoms with E-state index in [-0.39, 0.29) is 26.9 Å². The predicted octanol–water partition coefficient (Wildman–Crippen LogP) is -2.07. The number of rotatable bonds is 3. The Labute approximate surface area is 103 Å². The molecule has 0 bridgehead atoms. The van der Waals surface area contributed by atoms with Crippen molar-refractivity contribution < 1.29 is 21.2 Å². The molecule has 0 saturated carbocycles. The molecule has 0 unspecified atom stereocenters. The summed E-state index contributed by atoms with van der Waals surface area (Å²) in [6, 6.07) is 4.15. The summed E-state index contributed by atoms with van der Waals surface area (Å²) in [6.45, 7) is 2.03. The van der Waals surface area contributed by atoms with Gasteiger partial charge in [0.15, 0.2) is 0 Å². The second-order valence-corrected chi connectivity index (χ2v) is 5.98. The van der Waals surface area contributed by atoms with Crippen LogP contribution in [0.4, 0.5) is 0 Å². The van der Waals surface area contributed by atoms with Crippen molar-refractivity contribution in [2.24, 2.45) is 0 Å². The number of alkyl halides is 1. The van der Waals surface area contributed by atoms with Gasteiger partial charge in [-0.1, -0.05) is 0 Å². The SMILES string of the molecule is Cc1ccc([I-]Cc2cnc(=O)[nH]c2)nc1. The van der Waals surface area contributed by atoms with Crippen LogP contribution < -0.4 is 26.9 Å². The van der Waals surface area contributed by atoms with Crippen LogP contribution in [0.15, 0.2) is 35.5 Å². The number of halogens is 1. The van der Waals surface area contributed by atoms with Gasteiger partial charge >= 0.3 is 104 Å². The summed E-state index contributed by atoms with van der Waals surface area (Å²) in [4.78, 5) is 21.4. The van der Waals surface area contributed by atoms with Gasteiger partial charge in [-0.05, 0) is 0 Å². The Kier molecular flexibility index (Phi) is 3.66. The van der Waals surface area contributed by atoms with E-state index < -0.39 is 0 Å². The first-order valence-electron chi connectivity index (χ1n) is 4.79. The van der Waals surface area contributed by atoms with Gasteiger partial charge in [-0.2, -0.15) is 0 Å². The zero-order chi connectivity index (χ0) is 11.4. The monoisotopic (exact) mass is 328 g/mol. The third-order valence-electron chi connectivity index (χ3n) is 1.96. The van der Waals surface area contributed by atoms with Gasteiger partial charge in [0, 0.05) is 0 Å². The number of nitrogens with one attached hydrogen (secondary N) is 1. The summed E-state index contributed by atoms with van der Waals surface area (Å²) < 4.78 is 2.11. The minimum absolute atomic E-state index is 0.148. The van der Waals surface area contributed by atoms with E-state index in [1.54, 1.807) is 12.4 Å². The third kappa shape index (κ3) is 3.13. The van der Waals surface area contributed by atoms with Crippen LogP contribution in [0.2, 0.25) is 0 Å². The molecule has 4 nitrogen and oxygen atoms in total. The Morgan fingerprint density at radius 3 is 2.81 bits per heavy atom. The van der Waals surface area contributed by atoms with E-state index in [2.05, 4.69) is 27.1 Å². The molecule has 2 heterocycles. The van der Waals surface area contributed by atoms with E-state index in [0.29, 0.717) is 0 Å². The van der Waals surface area contributed by atoms with Crippen LogP contribution in [0.3, 0.4) is 0 Å². The fraction of sp³-hybridized carbons (Fsp3) is 0.182.